The molecular formula is C21H19N3O3S. The maximum atomic E-state index is 12.4. The van der Waals surface area contributed by atoms with Gasteiger partial charge in [0.15, 0.2) is 5.76 Å². The minimum Gasteiger partial charge on any atom is -0.451 e. The van der Waals surface area contributed by atoms with E-state index < -0.39 is 5.25 Å². The number of hydrogen-bond acceptors (Lipinski definition) is 5. The topological polar surface area (TPSA) is 95.1 Å². The number of amides is 2. The summed E-state index contributed by atoms with van der Waals surface area (Å²) in [5, 5.41) is 14.3. The summed E-state index contributed by atoms with van der Waals surface area (Å²) in [6, 6.07) is 20.7. The predicted octanol–water partition coefficient (Wildman–Crippen LogP) is 3.10. The Balaban J connectivity index is 1.63. The first-order valence-corrected chi connectivity index (χ1v) is 9.79. The van der Waals surface area contributed by atoms with Gasteiger partial charge < -0.3 is 15.1 Å². The second-order valence-corrected chi connectivity index (χ2v) is 7.21. The number of nitrogens with zero attached hydrogens (tertiary/aromatic N) is 1. The molecule has 1 unspecified atom stereocenters. The third-order valence-electron chi connectivity index (χ3n) is 4.03. The van der Waals surface area contributed by atoms with E-state index in [1.807, 2.05) is 54.6 Å². The Morgan fingerprint density at radius 2 is 1.82 bits per heavy atom. The van der Waals surface area contributed by atoms with Gasteiger partial charge in [0.1, 0.15) is 17.4 Å². The lowest BCUT2D eigenvalue weighted by Gasteiger charge is -2.16. The van der Waals surface area contributed by atoms with Gasteiger partial charge in [-0.15, -0.1) is 11.8 Å². The molecule has 2 aromatic carbocycles. The molecule has 3 rings (SSSR count). The molecule has 0 radical (unpaired) electrons. The van der Waals surface area contributed by atoms with Crippen LogP contribution in [0.2, 0.25) is 0 Å². The van der Waals surface area contributed by atoms with Gasteiger partial charge >= 0.3 is 0 Å². The summed E-state index contributed by atoms with van der Waals surface area (Å²) in [6.45, 7) is 0.0589. The summed E-state index contributed by atoms with van der Waals surface area (Å²) in [4.78, 5) is 24.8. The van der Waals surface area contributed by atoms with Crippen molar-refractivity contribution in [3.63, 3.8) is 0 Å². The number of fused-ring (bicyclic) bond motifs is 1. The average Bonchev–Trinajstić information content (AvgIpc) is 3.17. The van der Waals surface area contributed by atoms with Crippen molar-refractivity contribution in [2.75, 3.05) is 13.1 Å². The molecule has 0 aliphatic carbocycles. The van der Waals surface area contributed by atoms with Crippen LogP contribution in [-0.2, 0) is 10.5 Å². The van der Waals surface area contributed by atoms with E-state index in [2.05, 4.69) is 10.6 Å². The van der Waals surface area contributed by atoms with Crippen LogP contribution in [0.3, 0.4) is 0 Å². The molecule has 1 atom stereocenters. The monoisotopic (exact) mass is 393 g/mol. The fourth-order valence-corrected chi connectivity index (χ4v) is 3.63. The highest BCUT2D eigenvalue weighted by atomic mass is 32.2. The molecule has 1 heterocycles. The number of benzene rings is 2. The van der Waals surface area contributed by atoms with Crippen molar-refractivity contribution >= 4 is 34.5 Å². The van der Waals surface area contributed by atoms with E-state index in [4.69, 9.17) is 9.68 Å². The lowest BCUT2D eigenvalue weighted by Crippen LogP contribution is -2.41. The SMILES string of the molecule is N#CCNC(=O)C(CNC(=O)c1cc2ccccc2o1)SCc1ccccc1. The number of nitriles is 1. The van der Waals surface area contributed by atoms with E-state index in [-0.39, 0.29) is 30.7 Å². The molecule has 28 heavy (non-hydrogen) atoms. The van der Waals surface area contributed by atoms with E-state index in [1.165, 1.54) is 11.8 Å². The third kappa shape index (κ3) is 5.15. The molecule has 0 saturated carbocycles. The number of hydrogen-bond donors (Lipinski definition) is 2. The Hall–Kier alpha value is -3.24. The molecule has 0 saturated heterocycles. The molecule has 7 heteroatoms. The minimum absolute atomic E-state index is 0.0707. The Kier molecular flexibility index (Phi) is 6.71. The smallest absolute Gasteiger partial charge is 0.287 e. The van der Waals surface area contributed by atoms with Crippen LogP contribution in [0.4, 0.5) is 0 Å². The summed E-state index contributed by atoms with van der Waals surface area (Å²) < 4.78 is 5.55. The van der Waals surface area contributed by atoms with Crippen molar-refractivity contribution in [3.8, 4) is 6.07 Å². The molecule has 142 valence electrons. The molecule has 0 aliphatic rings. The molecule has 3 aromatic rings. The van der Waals surface area contributed by atoms with Crippen molar-refractivity contribution in [1.82, 2.24) is 10.6 Å². The second-order valence-electron chi connectivity index (χ2n) is 6.02. The fourth-order valence-electron chi connectivity index (χ4n) is 2.61. The van der Waals surface area contributed by atoms with Crippen LogP contribution in [0.5, 0.6) is 0 Å². The fraction of sp³-hybridized carbons (Fsp3) is 0.190. The van der Waals surface area contributed by atoms with Gasteiger partial charge in [0, 0.05) is 17.7 Å². The second kappa shape index (κ2) is 9.62. The van der Waals surface area contributed by atoms with E-state index >= 15 is 0 Å². The van der Waals surface area contributed by atoms with E-state index in [1.54, 1.807) is 12.1 Å². The van der Waals surface area contributed by atoms with Gasteiger partial charge in [-0.2, -0.15) is 5.26 Å². The largest absolute Gasteiger partial charge is 0.451 e. The normalized spacial score (nSPS) is 11.5. The van der Waals surface area contributed by atoms with Crippen molar-refractivity contribution in [3.05, 3.63) is 72.0 Å². The Morgan fingerprint density at radius 3 is 2.57 bits per heavy atom. The number of carbonyl (C=O) groups excluding carboxylic acids is 2. The first-order chi connectivity index (χ1) is 13.7. The van der Waals surface area contributed by atoms with Crippen molar-refractivity contribution in [1.29, 1.82) is 5.26 Å². The third-order valence-corrected chi connectivity index (χ3v) is 5.31. The molecular weight excluding hydrogens is 374 g/mol. The Bertz CT molecular complexity index is 962. The predicted molar refractivity (Wildman–Crippen MR) is 109 cm³/mol. The summed E-state index contributed by atoms with van der Waals surface area (Å²) in [5.74, 6) is 0.152. The number of para-hydroxylation sites is 1. The maximum Gasteiger partial charge on any atom is 0.287 e. The first kappa shape index (κ1) is 19.5. The number of rotatable bonds is 8. The zero-order valence-electron chi connectivity index (χ0n) is 15.1. The summed E-state index contributed by atoms with van der Waals surface area (Å²) in [6.07, 6.45) is 0. The summed E-state index contributed by atoms with van der Waals surface area (Å²) in [7, 11) is 0. The van der Waals surface area contributed by atoms with Gasteiger partial charge in [-0.1, -0.05) is 48.5 Å². The van der Waals surface area contributed by atoms with Crippen molar-refractivity contribution < 1.29 is 14.0 Å². The zero-order valence-corrected chi connectivity index (χ0v) is 15.9. The van der Waals surface area contributed by atoms with Crippen LogP contribution < -0.4 is 10.6 Å². The van der Waals surface area contributed by atoms with Crippen LogP contribution >= 0.6 is 11.8 Å². The quantitative estimate of drug-likeness (QED) is 0.574. The Morgan fingerprint density at radius 1 is 1.07 bits per heavy atom. The van der Waals surface area contributed by atoms with Crippen LogP contribution in [0.25, 0.3) is 11.0 Å². The van der Waals surface area contributed by atoms with Crippen LogP contribution in [0.1, 0.15) is 16.1 Å². The molecule has 1 aromatic heterocycles. The van der Waals surface area contributed by atoms with E-state index in [9.17, 15) is 9.59 Å². The summed E-state index contributed by atoms with van der Waals surface area (Å²) in [5.41, 5.74) is 1.71. The van der Waals surface area contributed by atoms with Gasteiger partial charge in [-0.3, -0.25) is 9.59 Å². The standard InChI is InChI=1S/C21H19N3O3S/c22-10-11-23-21(26)19(28-14-15-6-2-1-3-7-15)13-24-20(25)18-12-16-8-4-5-9-17(16)27-18/h1-9,12,19H,11,13-14H2,(H,23,26)(H,24,25). The molecule has 6 nitrogen and oxygen atoms in total. The van der Waals surface area contributed by atoms with Crippen LogP contribution in [0, 0.1) is 11.3 Å². The zero-order chi connectivity index (χ0) is 19.8. The van der Waals surface area contributed by atoms with Gasteiger partial charge in [0.05, 0.1) is 6.07 Å². The van der Waals surface area contributed by atoms with Gasteiger partial charge in [0.2, 0.25) is 5.91 Å². The van der Waals surface area contributed by atoms with E-state index in [0.717, 1.165) is 10.9 Å². The lowest BCUT2D eigenvalue weighted by molar-refractivity contribution is -0.120. The molecule has 2 N–H and O–H groups in total. The highest BCUT2D eigenvalue weighted by molar-refractivity contribution is 7.99. The van der Waals surface area contributed by atoms with E-state index in [0.29, 0.717) is 11.3 Å². The number of nitrogens with one attached hydrogen (secondary N) is 2. The highest BCUT2D eigenvalue weighted by Gasteiger charge is 2.21. The number of furan rings is 1. The summed E-state index contributed by atoms with van der Waals surface area (Å²) >= 11 is 1.41. The van der Waals surface area contributed by atoms with Gasteiger partial charge in [-0.05, 0) is 17.7 Å². The number of carbonyl (C=O) groups is 2. The first-order valence-electron chi connectivity index (χ1n) is 8.74. The lowest BCUT2D eigenvalue weighted by atomic mass is 10.2. The molecule has 0 fully saturated rings. The van der Waals surface area contributed by atoms with Crippen molar-refractivity contribution in [2.24, 2.45) is 0 Å². The molecule has 2 amide bonds. The molecule has 0 spiro atoms. The van der Waals surface area contributed by atoms with Crippen LogP contribution in [-0.4, -0.2) is 30.2 Å². The molecule has 0 aliphatic heterocycles. The van der Waals surface area contributed by atoms with Gasteiger partial charge in [-0.25, -0.2) is 0 Å². The highest BCUT2D eigenvalue weighted by Crippen LogP contribution is 2.20. The molecule has 0 bridgehead atoms. The van der Waals surface area contributed by atoms with Gasteiger partial charge in [0.25, 0.3) is 5.91 Å². The Labute approximate surface area is 166 Å². The number of thioether (sulfide) groups is 1. The minimum atomic E-state index is -0.526. The van der Waals surface area contributed by atoms with Crippen molar-refractivity contribution in [2.45, 2.75) is 11.0 Å². The average molecular weight is 393 g/mol. The maximum absolute atomic E-state index is 12.4. The van der Waals surface area contributed by atoms with Crippen LogP contribution in [0.15, 0.2) is 65.1 Å².